The normalized spacial score (nSPS) is 12.2. The number of pyridine rings is 1. The van der Waals surface area contributed by atoms with Gasteiger partial charge in [-0.05, 0) is 65.7 Å². The Morgan fingerprint density at radius 2 is 1.81 bits per heavy atom. The third-order valence-electron chi connectivity index (χ3n) is 5.26. The van der Waals surface area contributed by atoms with E-state index in [4.69, 9.17) is 16.0 Å². The number of hydrogen-bond acceptors (Lipinski definition) is 3. The number of fused-ring (bicyclic) bond motifs is 1. The number of halogens is 1. The standard InChI is InChI=1S/C22H24ClNO2Si/c1-22(2,3)27(4,5)26-17-8-6-7-16(12-17)18-13-21(23)24-20-10-9-15(14-25)11-19(18)20/h6-14H,1-5H3. The molecule has 0 radical (unpaired) electrons. The zero-order valence-electron chi connectivity index (χ0n) is 16.3. The van der Waals surface area contributed by atoms with Gasteiger partial charge in [-0.1, -0.05) is 44.5 Å². The highest BCUT2D eigenvalue weighted by Crippen LogP contribution is 2.39. The summed E-state index contributed by atoms with van der Waals surface area (Å²) in [4.78, 5) is 15.6. The Bertz CT molecular complexity index is 1010. The molecule has 0 spiro atoms. The Labute approximate surface area is 166 Å². The molecule has 0 saturated carbocycles. The summed E-state index contributed by atoms with van der Waals surface area (Å²) in [6, 6.07) is 15.3. The molecule has 0 N–H and O–H groups in total. The third-order valence-corrected chi connectivity index (χ3v) is 9.81. The maximum absolute atomic E-state index is 11.2. The molecular weight excluding hydrogens is 374 g/mol. The van der Waals surface area contributed by atoms with Crippen LogP contribution in [0.2, 0.25) is 23.3 Å². The monoisotopic (exact) mass is 397 g/mol. The number of aldehydes is 1. The molecule has 0 aliphatic rings. The van der Waals surface area contributed by atoms with Gasteiger partial charge in [-0.2, -0.15) is 0 Å². The Hall–Kier alpha value is -2.17. The molecule has 0 aliphatic heterocycles. The van der Waals surface area contributed by atoms with Crippen LogP contribution in [0.1, 0.15) is 31.1 Å². The van der Waals surface area contributed by atoms with E-state index in [1.807, 2.05) is 42.5 Å². The molecule has 0 fully saturated rings. The predicted octanol–water partition coefficient (Wildman–Crippen LogP) is 6.75. The van der Waals surface area contributed by atoms with E-state index in [9.17, 15) is 4.79 Å². The fraction of sp³-hybridized carbons (Fsp3) is 0.273. The average Bonchev–Trinajstić information content (AvgIpc) is 2.59. The summed E-state index contributed by atoms with van der Waals surface area (Å²) in [6.45, 7) is 11.1. The Kier molecular flexibility index (Phi) is 5.15. The molecule has 0 bridgehead atoms. The van der Waals surface area contributed by atoms with Gasteiger partial charge in [0.1, 0.15) is 17.2 Å². The van der Waals surface area contributed by atoms with Gasteiger partial charge in [0.25, 0.3) is 0 Å². The van der Waals surface area contributed by atoms with Gasteiger partial charge >= 0.3 is 0 Å². The first-order chi connectivity index (χ1) is 12.6. The van der Waals surface area contributed by atoms with Gasteiger partial charge < -0.3 is 4.43 Å². The van der Waals surface area contributed by atoms with Crippen molar-refractivity contribution in [3.05, 3.63) is 59.2 Å². The van der Waals surface area contributed by atoms with E-state index in [0.717, 1.165) is 34.1 Å². The van der Waals surface area contributed by atoms with Crippen LogP contribution in [0.4, 0.5) is 0 Å². The lowest BCUT2D eigenvalue weighted by Gasteiger charge is -2.36. The summed E-state index contributed by atoms with van der Waals surface area (Å²) < 4.78 is 6.45. The fourth-order valence-electron chi connectivity index (χ4n) is 2.70. The van der Waals surface area contributed by atoms with Crippen molar-refractivity contribution in [2.75, 3.05) is 0 Å². The summed E-state index contributed by atoms with van der Waals surface area (Å²) >= 11 is 6.25. The highest BCUT2D eigenvalue weighted by atomic mass is 35.5. The second-order valence-electron chi connectivity index (χ2n) is 8.28. The van der Waals surface area contributed by atoms with E-state index in [0.29, 0.717) is 10.7 Å². The van der Waals surface area contributed by atoms with E-state index in [1.54, 1.807) is 6.07 Å². The number of carbonyl (C=O) groups is 1. The predicted molar refractivity (Wildman–Crippen MR) is 115 cm³/mol. The van der Waals surface area contributed by atoms with Crippen molar-refractivity contribution in [3.8, 4) is 16.9 Å². The van der Waals surface area contributed by atoms with Gasteiger partial charge in [0, 0.05) is 10.9 Å². The van der Waals surface area contributed by atoms with Gasteiger partial charge in [-0.25, -0.2) is 4.98 Å². The first-order valence-electron chi connectivity index (χ1n) is 8.96. The van der Waals surface area contributed by atoms with Crippen molar-refractivity contribution < 1.29 is 9.22 Å². The number of benzene rings is 2. The number of aromatic nitrogens is 1. The Morgan fingerprint density at radius 3 is 2.48 bits per heavy atom. The minimum atomic E-state index is -1.93. The summed E-state index contributed by atoms with van der Waals surface area (Å²) in [5, 5.41) is 1.44. The van der Waals surface area contributed by atoms with Crippen molar-refractivity contribution in [3.63, 3.8) is 0 Å². The molecule has 0 atom stereocenters. The quantitative estimate of drug-likeness (QED) is 0.277. The highest BCUT2D eigenvalue weighted by Gasteiger charge is 2.38. The SMILES string of the molecule is CC(C)(C)[Si](C)(C)Oc1cccc(-c2cc(Cl)nc3ccc(C=O)cc23)c1. The molecular formula is C22H24ClNO2Si. The summed E-state index contributed by atoms with van der Waals surface area (Å²) in [5.74, 6) is 0.853. The first-order valence-corrected chi connectivity index (χ1v) is 12.2. The van der Waals surface area contributed by atoms with E-state index in [-0.39, 0.29) is 5.04 Å². The molecule has 5 heteroatoms. The largest absolute Gasteiger partial charge is 0.543 e. The van der Waals surface area contributed by atoms with Crippen LogP contribution in [0.3, 0.4) is 0 Å². The minimum Gasteiger partial charge on any atom is -0.543 e. The maximum atomic E-state index is 11.2. The van der Waals surface area contributed by atoms with Crippen molar-refractivity contribution in [1.29, 1.82) is 0 Å². The van der Waals surface area contributed by atoms with Crippen molar-refractivity contribution in [2.24, 2.45) is 0 Å². The molecule has 0 unspecified atom stereocenters. The molecule has 0 aliphatic carbocycles. The zero-order chi connectivity index (χ0) is 19.8. The lowest BCUT2D eigenvalue weighted by atomic mass is 10.00. The molecule has 3 aromatic rings. The smallest absolute Gasteiger partial charge is 0.250 e. The summed E-state index contributed by atoms with van der Waals surface area (Å²) in [7, 11) is -1.93. The van der Waals surface area contributed by atoms with Crippen LogP contribution >= 0.6 is 11.6 Å². The number of nitrogens with zero attached hydrogens (tertiary/aromatic N) is 1. The lowest BCUT2D eigenvalue weighted by Crippen LogP contribution is -2.43. The van der Waals surface area contributed by atoms with Crippen molar-refractivity contribution in [1.82, 2.24) is 4.98 Å². The van der Waals surface area contributed by atoms with E-state index in [2.05, 4.69) is 38.8 Å². The summed E-state index contributed by atoms with van der Waals surface area (Å²) in [6.07, 6.45) is 0.842. The molecule has 0 amide bonds. The van der Waals surface area contributed by atoms with Crippen LogP contribution in [-0.4, -0.2) is 19.6 Å². The molecule has 1 aromatic heterocycles. The van der Waals surface area contributed by atoms with Gasteiger partial charge in [0.2, 0.25) is 8.32 Å². The van der Waals surface area contributed by atoms with Gasteiger partial charge in [0.05, 0.1) is 5.52 Å². The van der Waals surface area contributed by atoms with Gasteiger partial charge in [0.15, 0.2) is 0 Å². The van der Waals surface area contributed by atoms with Crippen LogP contribution in [0.15, 0.2) is 48.5 Å². The highest BCUT2D eigenvalue weighted by molar-refractivity contribution is 6.74. The van der Waals surface area contributed by atoms with Crippen LogP contribution < -0.4 is 4.43 Å². The van der Waals surface area contributed by atoms with Crippen molar-refractivity contribution >= 4 is 37.1 Å². The Morgan fingerprint density at radius 1 is 1.07 bits per heavy atom. The molecule has 0 saturated heterocycles. The molecule has 140 valence electrons. The lowest BCUT2D eigenvalue weighted by molar-refractivity contribution is 0.112. The van der Waals surface area contributed by atoms with Crippen LogP contribution in [0, 0.1) is 0 Å². The Balaban J connectivity index is 2.11. The van der Waals surface area contributed by atoms with E-state index < -0.39 is 8.32 Å². The molecule has 3 nitrogen and oxygen atoms in total. The van der Waals surface area contributed by atoms with Gasteiger partial charge in [-0.3, -0.25) is 4.79 Å². The molecule has 3 rings (SSSR count). The van der Waals surface area contributed by atoms with E-state index in [1.165, 1.54) is 0 Å². The van der Waals surface area contributed by atoms with Crippen LogP contribution in [0.25, 0.3) is 22.0 Å². The molecule has 2 aromatic carbocycles. The third kappa shape index (κ3) is 4.07. The minimum absolute atomic E-state index is 0.120. The first kappa shape index (κ1) is 19.6. The van der Waals surface area contributed by atoms with Crippen LogP contribution in [0.5, 0.6) is 5.75 Å². The number of hydrogen-bond donors (Lipinski definition) is 0. The second kappa shape index (κ2) is 7.10. The van der Waals surface area contributed by atoms with Gasteiger partial charge in [-0.15, -0.1) is 0 Å². The summed E-state index contributed by atoms with van der Waals surface area (Å²) in [5.41, 5.74) is 3.30. The van der Waals surface area contributed by atoms with Crippen LogP contribution in [-0.2, 0) is 0 Å². The topological polar surface area (TPSA) is 39.2 Å². The number of rotatable bonds is 4. The molecule has 27 heavy (non-hydrogen) atoms. The fourth-order valence-corrected chi connectivity index (χ4v) is 3.92. The zero-order valence-corrected chi connectivity index (χ0v) is 18.1. The number of carbonyl (C=O) groups excluding carboxylic acids is 1. The average molecular weight is 398 g/mol. The maximum Gasteiger partial charge on any atom is 0.250 e. The van der Waals surface area contributed by atoms with E-state index >= 15 is 0 Å². The molecule has 1 heterocycles. The van der Waals surface area contributed by atoms with Crippen molar-refractivity contribution in [2.45, 2.75) is 38.9 Å². The second-order valence-corrected chi connectivity index (χ2v) is 13.4.